The lowest BCUT2D eigenvalue weighted by Crippen LogP contribution is -2.29. The van der Waals surface area contributed by atoms with Crippen molar-refractivity contribution >= 4 is 51.5 Å². The zero-order valence-electron chi connectivity index (χ0n) is 20.1. The molecule has 1 N–H and O–H groups in total. The number of aliphatic hydroxyl groups is 1. The molecule has 1 fully saturated rings. The number of hydrogen-bond acceptors (Lipinski definition) is 9. The number of carbonyl (C=O) groups excluding carboxylic acids is 3. The molecule has 3 heterocycles. The van der Waals surface area contributed by atoms with Crippen LogP contribution in [0.25, 0.3) is 5.76 Å². The Labute approximate surface area is 226 Å². The van der Waals surface area contributed by atoms with E-state index in [-0.39, 0.29) is 27.8 Å². The molecule has 11 heteroatoms. The predicted octanol–water partition coefficient (Wildman–Crippen LogP) is 4.85. The molecular formula is C27H21ClN2O7S. The van der Waals surface area contributed by atoms with E-state index in [1.807, 2.05) is 0 Å². The van der Waals surface area contributed by atoms with Gasteiger partial charge >= 0.3 is 11.9 Å². The summed E-state index contributed by atoms with van der Waals surface area (Å²) in [5.74, 6) is -1.93. The average Bonchev–Trinajstić information content (AvgIpc) is 3.43. The van der Waals surface area contributed by atoms with Crippen molar-refractivity contribution in [1.29, 1.82) is 0 Å². The fourth-order valence-corrected chi connectivity index (χ4v) is 5.43. The zero-order valence-corrected chi connectivity index (χ0v) is 21.7. The van der Waals surface area contributed by atoms with Crippen LogP contribution in [-0.2, 0) is 14.3 Å². The minimum absolute atomic E-state index is 0.00800. The third-order valence-electron chi connectivity index (χ3n) is 5.93. The van der Waals surface area contributed by atoms with E-state index >= 15 is 0 Å². The van der Waals surface area contributed by atoms with Gasteiger partial charge in [0.15, 0.2) is 16.6 Å². The SMILES string of the molecule is C=CCOC(=O)c1sc(N2C(=O)C(=O)C(=C(O)c3ccc4c(c3)OCCO4)[C@@H]2c2cccc(Cl)c2)nc1C. The summed E-state index contributed by atoms with van der Waals surface area (Å²) < 4.78 is 16.3. The molecule has 0 spiro atoms. The molecule has 5 rings (SSSR count). The number of halogens is 1. The number of esters is 1. The lowest BCUT2D eigenvalue weighted by atomic mass is 9.95. The van der Waals surface area contributed by atoms with E-state index in [1.165, 1.54) is 11.0 Å². The van der Waals surface area contributed by atoms with Crippen molar-refractivity contribution in [2.24, 2.45) is 0 Å². The van der Waals surface area contributed by atoms with Crippen LogP contribution in [0.4, 0.5) is 5.13 Å². The Bertz CT molecular complexity index is 1510. The maximum absolute atomic E-state index is 13.4. The topological polar surface area (TPSA) is 115 Å². The Morgan fingerprint density at radius 3 is 2.74 bits per heavy atom. The van der Waals surface area contributed by atoms with Crippen molar-refractivity contribution in [2.75, 3.05) is 24.7 Å². The van der Waals surface area contributed by atoms with Gasteiger partial charge < -0.3 is 19.3 Å². The minimum atomic E-state index is -1.07. The Balaban J connectivity index is 1.65. The van der Waals surface area contributed by atoms with Gasteiger partial charge in [-0.2, -0.15) is 0 Å². The largest absolute Gasteiger partial charge is 0.507 e. The van der Waals surface area contributed by atoms with E-state index in [1.54, 1.807) is 49.4 Å². The van der Waals surface area contributed by atoms with Crippen molar-refractivity contribution in [2.45, 2.75) is 13.0 Å². The van der Waals surface area contributed by atoms with Crippen molar-refractivity contribution in [3.8, 4) is 11.5 Å². The molecule has 3 aromatic rings. The van der Waals surface area contributed by atoms with E-state index in [0.29, 0.717) is 41.0 Å². The van der Waals surface area contributed by atoms with Crippen LogP contribution in [0.5, 0.6) is 11.5 Å². The Hall–Kier alpha value is -4.15. The van der Waals surface area contributed by atoms with Crippen LogP contribution >= 0.6 is 22.9 Å². The first-order chi connectivity index (χ1) is 18.3. The van der Waals surface area contributed by atoms with Gasteiger partial charge in [-0.05, 0) is 42.8 Å². The summed E-state index contributed by atoms with van der Waals surface area (Å²) in [6, 6.07) is 10.3. The van der Waals surface area contributed by atoms with Crippen molar-refractivity contribution in [3.05, 3.63) is 87.4 Å². The van der Waals surface area contributed by atoms with Gasteiger partial charge in [-0.1, -0.05) is 47.7 Å². The number of aliphatic hydroxyl groups excluding tert-OH is 1. The molecule has 0 aliphatic carbocycles. The lowest BCUT2D eigenvalue weighted by Gasteiger charge is -2.23. The standard InChI is InChI=1S/C27H21ClN2O7S/c1-3-9-37-26(34)24-14(2)29-27(38-24)30-21(15-5-4-6-17(28)12-15)20(23(32)25(30)33)22(31)16-7-8-18-19(13-16)36-11-10-35-18/h3-8,12-13,21,31H,1,9-11H2,2H3/t21-/m0/s1. The highest BCUT2D eigenvalue weighted by molar-refractivity contribution is 7.17. The molecular weight excluding hydrogens is 532 g/mol. The molecule has 2 aliphatic heterocycles. The summed E-state index contributed by atoms with van der Waals surface area (Å²) in [5, 5.41) is 11.8. The fourth-order valence-electron chi connectivity index (χ4n) is 4.24. The van der Waals surface area contributed by atoms with Gasteiger partial charge in [0.25, 0.3) is 5.78 Å². The highest BCUT2D eigenvalue weighted by Crippen LogP contribution is 2.45. The lowest BCUT2D eigenvalue weighted by molar-refractivity contribution is -0.132. The number of fused-ring (bicyclic) bond motifs is 1. The molecule has 0 unspecified atom stereocenters. The molecule has 38 heavy (non-hydrogen) atoms. The smallest absolute Gasteiger partial charge is 0.350 e. The molecule has 1 atom stereocenters. The second-order valence-corrected chi connectivity index (χ2v) is 9.79. The first-order valence-electron chi connectivity index (χ1n) is 11.5. The average molecular weight is 553 g/mol. The van der Waals surface area contributed by atoms with Gasteiger partial charge in [-0.3, -0.25) is 14.5 Å². The number of amides is 1. The number of hydrogen-bond donors (Lipinski definition) is 1. The molecule has 1 aromatic heterocycles. The number of carbonyl (C=O) groups is 3. The van der Waals surface area contributed by atoms with Crippen LogP contribution in [0.15, 0.2) is 60.7 Å². The van der Waals surface area contributed by atoms with Crippen molar-refractivity contribution in [1.82, 2.24) is 4.98 Å². The Morgan fingerprint density at radius 1 is 1.24 bits per heavy atom. The van der Waals surface area contributed by atoms with Gasteiger partial charge in [0.05, 0.1) is 17.3 Å². The molecule has 1 amide bonds. The van der Waals surface area contributed by atoms with E-state index in [4.69, 9.17) is 25.8 Å². The zero-order chi connectivity index (χ0) is 27.0. The number of aromatic nitrogens is 1. The second-order valence-electron chi connectivity index (χ2n) is 8.38. The molecule has 194 valence electrons. The molecule has 0 saturated carbocycles. The number of anilines is 1. The van der Waals surface area contributed by atoms with E-state index in [0.717, 1.165) is 11.3 Å². The summed E-state index contributed by atoms with van der Waals surface area (Å²) in [6.07, 6.45) is 1.44. The molecule has 0 bridgehead atoms. The molecule has 2 aromatic carbocycles. The highest BCUT2D eigenvalue weighted by Gasteiger charge is 2.48. The fraction of sp³-hybridized carbons (Fsp3) is 0.185. The van der Waals surface area contributed by atoms with Crippen LogP contribution in [-0.4, -0.2) is 47.6 Å². The third-order valence-corrected chi connectivity index (χ3v) is 7.31. The Kier molecular flexibility index (Phi) is 6.92. The number of ketones is 1. The quantitative estimate of drug-likeness (QED) is 0.152. The monoisotopic (exact) mass is 552 g/mol. The molecule has 1 saturated heterocycles. The maximum atomic E-state index is 13.4. The minimum Gasteiger partial charge on any atom is -0.507 e. The van der Waals surface area contributed by atoms with Crippen molar-refractivity contribution < 1.29 is 33.7 Å². The maximum Gasteiger partial charge on any atom is 0.350 e. The number of aryl methyl sites for hydroxylation is 1. The Morgan fingerprint density at radius 2 is 2.00 bits per heavy atom. The number of nitrogens with zero attached hydrogens (tertiary/aromatic N) is 2. The first-order valence-corrected chi connectivity index (χ1v) is 12.7. The van der Waals surface area contributed by atoms with Crippen molar-refractivity contribution in [3.63, 3.8) is 0 Å². The summed E-state index contributed by atoms with van der Waals surface area (Å²) in [4.78, 5) is 45.1. The van der Waals surface area contributed by atoms with Gasteiger partial charge in [0.2, 0.25) is 0 Å². The van der Waals surface area contributed by atoms with Gasteiger partial charge in [-0.15, -0.1) is 0 Å². The summed E-state index contributed by atoms with van der Waals surface area (Å²) in [6.45, 7) is 5.87. The number of Topliss-reactive ketones (excluding diaryl/α,β-unsaturated/α-hetero) is 1. The van der Waals surface area contributed by atoms with Crippen LogP contribution in [0.3, 0.4) is 0 Å². The molecule has 9 nitrogen and oxygen atoms in total. The van der Waals surface area contributed by atoms with Crippen LogP contribution < -0.4 is 14.4 Å². The van der Waals surface area contributed by atoms with Gasteiger partial charge in [0, 0.05) is 10.6 Å². The number of thiazole rings is 1. The van der Waals surface area contributed by atoms with E-state index in [9.17, 15) is 19.5 Å². The van der Waals surface area contributed by atoms with E-state index < -0.39 is 29.5 Å². The number of rotatable bonds is 6. The first kappa shape index (κ1) is 25.5. The normalized spacial score (nSPS) is 17.9. The number of ether oxygens (including phenoxy) is 3. The second kappa shape index (κ2) is 10.3. The summed E-state index contributed by atoms with van der Waals surface area (Å²) >= 11 is 7.16. The van der Waals surface area contributed by atoms with Gasteiger partial charge in [-0.25, -0.2) is 9.78 Å². The van der Waals surface area contributed by atoms with E-state index in [2.05, 4.69) is 11.6 Å². The third kappa shape index (κ3) is 4.52. The van der Waals surface area contributed by atoms with Crippen LogP contribution in [0.2, 0.25) is 5.02 Å². The predicted molar refractivity (Wildman–Crippen MR) is 141 cm³/mol. The van der Waals surface area contributed by atoms with Gasteiger partial charge in [0.1, 0.15) is 30.5 Å². The summed E-state index contributed by atoms with van der Waals surface area (Å²) in [5.41, 5.74) is 0.915. The van der Waals surface area contributed by atoms with Crippen LogP contribution in [0.1, 0.15) is 32.5 Å². The molecule has 0 radical (unpaired) electrons. The van der Waals surface area contributed by atoms with Crippen LogP contribution in [0, 0.1) is 6.92 Å². The number of benzene rings is 2. The highest BCUT2D eigenvalue weighted by atomic mass is 35.5. The molecule has 2 aliphatic rings. The summed E-state index contributed by atoms with van der Waals surface area (Å²) in [7, 11) is 0.